The van der Waals surface area contributed by atoms with Crippen molar-refractivity contribution >= 4 is 16.0 Å². The summed E-state index contributed by atoms with van der Waals surface area (Å²) < 4.78 is 35.9. The molecule has 0 amide bonds. The predicted molar refractivity (Wildman–Crippen MR) is 79.5 cm³/mol. The van der Waals surface area contributed by atoms with Gasteiger partial charge in [0.2, 0.25) is 10.0 Å². The zero-order valence-corrected chi connectivity index (χ0v) is 13.5. The average Bonchev–Trinajstić information content (AvgIpc) is 2.46. The molecule has 124 valence electrons. The lowest BCUT2D eigenvalue weighted by Gasteiger charge is -2.26. The molecule has 0 aromatic carbocycles. The summed E-state index contributed by atoms with van der Waals surface area (Å²) in [5.74, 6) is -0.507. The molecular formula is C13H26N2O5S. The molecule has 1 aliphatic heterocycles. The number of hydrogen-bond donors (Lipinski definition) is 1. The van der Waals surface area contributed by atoms with Gasteiger partial charge in [-0.15, -0.1) is 0 Å². The lowest BCUT2D eigenvalue weighted by Crippen LogP contribution is -2.38. The van der Waals surface area contributed by atoms with Crippen molar-refractivity contribution in [3.63, 3.8) is 0 Å². The van der Waals surface area contributed by atoms with Crippen LogP contribution in [-0.2, 0) is 24.3 Å². The van der Waals surface area contributed by atoms with Crippen LogP contribution in [0.5, 0.6) is 0 Å². The van der Waals surface area contributed by atoms with E-state index in [9.17, 15) is 13.2 Å². The molecule has 0 aromatic rings. The number of morpholine rings is 1. The fourth-order valence-electron chi connectivity index (χ4n) is 1.93. The highest BCUT2D eigenvalue weighted by Crippen LogP contribution is 1.99. The van der Waals surface area contributed by atoms with E-state index in [1.807, 2.05) is 6.92 Å². The van der Waals surface area contributed by atoms with E-state index in [1.54, 1.807) is 0 Å². The fourth-order valence-corrected chi connectivity index (χ4v) is 2.92. The minimum atomic E-state index is -3.42. The second-order valence-corrected chi connectivity index (χ2v) is 6.95. The number of sulfonamides is 1. The fraction of sp³-hybridized carbons (Fsp3) is 0.923. The van der Waals surface area contributed by atoms with Gasteiger partial charge in [-0.05, 0) is 19.4 Å². The Balaban J connectivity index is 2.13. The van der Waals surface area contributed by atoms with E-state index in [4.69, 9.17) is 9.47 Å². The Morgan fingerprint density at radius 2 is 2.00 bits per heavy atom. The molecule has 1 saturated heterocycles. The highest BCUT2D eigenvalue weighted by Gasteiger charge is 2.15. The summed E-state index contributed by atoms with van der Waals surface area (Å²) in [7, 11) is -3.42. The minimum Gasteiger partial charge on any atom is -0.465 e. The second kappa shape index (κ2) is 10.1. The Morgan fingerprint density at radius 1 is 1.29 bits per heavy atom. The van der Waals surface area contributed by atoms with Gasteiger partial charge in [-0.25, -0.2) is 13.1 Å². The maximum atomic E-state index is 11.7. The number of nitrogens with one attached hydrogen (secondary N) is 1. The third-order valence-corrected chi connectivity index (χ3v) is 4.60. The van der Waals surface area contributed by atoms with Crippen molar-refractivity contribution in [3.8, 4) is 0 Å². The molecule has 0 atom stereocenters. The topological polar surface area (TPSA) is 84.9 Å². The van der Waals surface area contributed by atoms with Crippen LogP contribution in [0.2, 0.25) is 0 Å². The van der Waals surface area contributed by atoms with E-state index in [0.29, 0.717) is 26.2 Å². The number of nitrogens with zero attached hydrogens (tertiary/aromatic N) is 1. The molecule has 1 fully saturated rings. The molecule has 0 unspecified atom stereocenters. The predicted octanol–water partition coefficient (Wildman–Crippen LogP) is -0.0286. The van der Waals surface area contributed by atoms with Crippen molar-refractivity contribution in [3.05, 3.63) is 0 Å². The smallest absolute Gasteiger partial charge is 0.321 e. The highest BCUT2D eigenvalue weighted by molar-refractivity contribution is 7.89. The molecule has 0 bridgehead atoms. The van der Waals surface area contributed by atoms with Gasteiger partial charge < -0.3 is 9.47 Å². The first-order chi connectivity index (χ1) is 10.0. The van der Waals surface area contributed by atoms with E-state index in [2.05, 4.69) is 9.62 Å². The molecule has 0 saturated carbocycles. The van der Waals surface area contributed by atoms with Gasteiger partial charge >= 0.3 is 5.97 Å². The first-order valence-corrected chi connectivity index (χ1v) is 9.12. The van der Waals surface area contributed by atoms with E-state index in [1.165, 1.54) is 0 Å². The van der Waals surface area contributed by atoms with Crippen LogP contribution in [0, 0.1) is 0 Å². The number of hydrogen-bond acceptors (Lipinski definition) is 6. The van der Waals surface area contributed by atoms with E-state index < -0.39 is 16.0 Å². The van der Waals surface area contributed by atoms with Gasteiger partial charge in [-0.2, -0.15) is 0 Å². The first kappa shape index (κ1) is 18.3. The third-order valence-electron chi connectivity index (χ3n) is 3.19. The molecule has 1 rings (SSSR count). The minimum absolute atomic E-state index is 0.0204. The molecule has 1 aliphatic rings. The van der Waals surface area contributed by atoms with Crippen LogP contribution in [0.15, 0.2) is 0 Å². The summed E-state index contributed by atoms with van der Waals surface area (Å²) in [5, 5.41) is 0. The Morgan fingerprint density at radius 3 is 2.67 bits per heavy atom. The highest BCUT2D eigenvalue weighted by atomic mass is 32.2. The van der Waals surface area contributed by atoms with Gasteiger partial charge in [0.1, 0.15) is 6.54 Å². The Kier molecular flexibility index (Phi) is 8.82. The summed E-state index contributed by atoms with van der Waals surface area (Å²) in [6.07, 6.45) is 2.26. The normalized spacial score (nSPS) is 16.8. The van der Waals surface area contributed by atoms with Crippen molar-refractivity contribution in [2.24, 2.45) is 0 Å². The SMILES string of the molecule is CCCCOC(=O)CNS(=O)(=O)CCCN1CCOCC1. The maximum Gasteiger partial charge on any atom is 0.321 e. The third kappa shape index (κ3) is 9.02. The van der Waals surface area contributed by atoms with Crippen molar-refractivity contribution in [1.29, 1.82) is 0 Å². The van der Waals surface area contributed by atoms with Crippen LogP contribution in [0.3, 0.4) is 0 Å². The second-order valence-electron chi connectivity index (χ2n) is 5.02. The summed E-state index contributed by atoms with van der Waals surface area (Å²) in [4.78, 5) is 13.5. The zero-order chi connectivity index (χ0) is 15.6. The largest absolute Gasteiger partial charge is 0.465 e. The average molecular weight is 322 g/mol. The Hall–Kier alpha value is -0.700. The zero-order valence-electron chi connectivity index (χ0n) is 12.7. The van der Waals surface area contributed by atoms with Crippen LogP contribution in [0.1, 0.15) is 26.2 Å². The summed E-state index contributed by atoms with van der Waals surface area (Å²) in [5.41, 5.74) is 0. The molecular weight excluding hydrogens is 296 g/mol. The molecule has 0 aliphatic carbocycles. The van der Waals surface area contributed by atoms with Gasteiger partial charge in [0.15, 0.2) is 0 Å². The van der Waals surface area contributed by atoms with Gasteiger partial charge in [0.05, 0.1) is 25.6 Å². The lowest BCUT2D eigenvalue weighted by atomic mass is 10.4. The Bertz CT molecular complexity index is 393. The van der Waals surface area contributed by atoms with Crippen LogP contribution >= 0.6 is 0 Å². The van der Waals surface area contributed by atoms with Gasteiger partial charge in [0.25, 0.3) is 0 Å². The van der Waals surface area contributed by atoms with Crippen LogP contribution in [0.4, 0.5) is 0 Å². The van der Waals surface area contributed by atoms with Crippen molar-refractivity contribution < 1.29 is 22.7 Å². The Labute approximate surface area is 127 Å². The quantitative estimate of drug-likeness (QED) is 0.449. The van der Waals surface area contributed by atoms with E-state index >= 15 is 0 Å². The molecule has 0 spiro atoms. The van der Waals surface area contributed by atoms with Crippen LogP contribution < -0.4 is 4.72 Å². The summed E-state index contributed by atoms with van der Waals surface area (Å²) >= 11 is 0. The molecule has 0 aromatic heterocycles. The van der Waals surface area contributed by atoms with Crippen LogP contribution in [-0.4, -0.2) is 71.0 Å². The van der Waals surface area contributed by atoms with E-state index in [-0.39, 0.29) is 12.3 Å². The molecule has 1 heterocycles. The molecule has 8 heteroatoms. The van der Waals surface area contributed by atoms with E-state index in [0.717, 1.165) is 32.5 Å². The summed E-state index contributed by atoms with van der Waals surface area (Å²) in [6.45, 7) is 5.87. The number of esters is 1. The van der Waals surface area contributed by atoms with Crippen LogP contribution in [0.25, 0.3) is 0 Å². The van der Waals surface area contributed by atoms with Gasteiger partial charge in [0, 0.05) is 13.1 Å². The lowest BCUT2D eigenvalue weighted by molar-refractivity contribution is -0.142. The van der Waals surface area contributed by atoms with Crippen molar-refractivity contribution in [1.82, 2.24) is 9.62 Å². The van der Waals surface area contributed by atoms with Gasteiger partial charge in [-0.1, -0.05) is 13.3 Å². The maximum absolute atomic E-state index is 11.7. The molecule has 21 heavy (non-hydrogen) atoms. The van der Waals surface area contributed by atoms with Crippen molar-refractivity contribution in [2.45, 2.75) is 26.2 Å². The number of rotatable bonds is 10. The molecule has 0 radical (unpaired) electrons. The van der Waals surface area contributed by atoms with Crippen molar-refractivity contribution in [2.75, 3.05) is 51.8 Å². The molecule has 1 N–H and O–H groups in total. The monoisotopic (exact) mass is 322 g/mol. The summed E-state index contributed by atoms with van der Waals surface area (Å²) in [6, 6.07) is 0. The number of carbonyl (C=O) groups is 1. The number of unbranched alkanes of at least 4 members (excludes halogenated alkanes) is 1. The number of carbonyl (C=O) groups excluding carboxylic acids is 1. The number of ether oxygens (including phenoxy) is 2. The standard InChI is InChI=1S/C13H26N2O5S/c1-2-3-8-20-13(16)12-14-21(17,18)11-4-5-15-6-9-19-10-7-15/h14H,2-12H2,1H3. The van der Waals surface area contributed by atoms with Gasteiger partial charge in [-0.3, -0.25) is 9.69 Å². The molecule has 7 nitrogen and oxygen atoms in total. The first-order valence-electron chi connectivity index (χ1n) is 7.46.